The molecule has 1 amide bonds. The summed E-state index contributed by atoms with van der Waals surface area (Å²) in [7, 11) is 0. The first-order chi connectivity index (χ1) is 13.7. The first-order valence-electron chi connectivity index (χ1n) is 9.57. The zero-order valence-electron chi connectivity index (χ0n) is 16.9. The topological polar surface area (TPSA) is 87.0 Å². The van der Waals surface area contributed by atoms with Crippen LogP contribution in [0.1, 0.15) is 39.2 Å². The Morgan fingerprint density at radius 1 is 1.28 bits per heavy atom. The smallest absolute Gasteiger partial charge is 0.407 e. The summed E-state index contributed by atoms with van der Waals surface area (Å²) in [5.74, 6) is 0. The molecule has 0 atom stereocenters. The number of hydrogen-bond donors (Lipinski definition) is 2. The normalized spacial score (nSPS) is 14.6. The molecule has 0 bridgehead atoms. The summed E-state index contributed by atoms with van der Waals surface area (Å²) in [4.78, 5) is 16.2. The molecule has 1 fully saturated rings. The van der Waals surface area contributed by atoms with Crippen molar-refractivity contribution in [2.24, 2.45) is 5.41 Å². The molecule has 1 saturated carbocycles. The highest BCUT2D eigenvalue weighted by Crippen LogP contribution is 2.45. The Kier molecular flexibility index (Phi) is 5.99. The number of carbonyl (C=O) groups is 1. The van der Waals surface area contributed by atoms with E-state index in [0.717, 1.165) is 36.2 Å². The van der Waals surface area contributed by atoms with Crippen LogP contribution in [0, 0.1) is 16.7 Å². The summed E-state index contributed by atoms with van der Waals surface area (Å²) >= 11 is 6.28. The van der Waals surface area contributed by atoms with Crippen LogP contribution in [0.25, 0.3) is 11.1 Å². The Hall–Kier alpha value is -2.78. The number of amides is 1. The number of nitrogens with zero attached hydrogens (tertiary/aromatic N) is 2. The third-order valence-corrected chi connectivity index (χ3v) is 5.10. The average molecular weight is 413 g/mol. The van der Waals surface area contributed by atoms with Crippen LogP contribution in [-0.4, -0.2) is 29.8 Å². The van der Waals surface area contributed by atoms with Crippen LogP contribution in [0.15, 0.2) is 36.5 Å². The molecule has 1 heterocycles. The lowest BCUT2D eigenvalue weighted by Crippen LogP contribution is -2.37. The Bertz CT molecular complexity index is 925. The Morgan fingerprint density at radius 3 is 2.55 bits per heavy atom. The summed E-state index contributed by atoms with van der Waals surface area (Å²) in [5.41, 5.74) is 2.69. The minimum absolute atomic E-state index is 0.0329. The first kappa shape index (κ1) is 20.9. The molecule has 1 aromatic heterocycles. The minimum atomic E-state index is -0.504. The highest BCUT2D eigenvalue weighted by atomic mass is 35.5. The van der Waals surface area contributed by atoms with Crippen molar-refractivity contribution in [1.82, 2.24) is 10.3 Å². The first-order valence-corrected chi connectivity index (χ1v) is 9.94. The molecule has 2 N–H and O–H groups in total. The molecule has 3 rings (SSSR count). The fraction of sp³-hybridized carbons (Fsp3) is 0.409. The second-order valence-electron chi connectivity index (χ2n) is 8.46. The molecular formula is C22H25ClN4O2. The summed E-state index contributed by atoms with van der Waals surface area (Å²) in [6.45, 7) is 6.83. The van der Waals surface area contributed by atoms with Crippen LogP contribution in [0.2, 0.25) is 5.15 Å². The third-order valence-electron chi connectivity index (χ3n) is 4.80. The van der Waals surface area contributed by atoms with Gasteiger partial charge in [-0.2, -0.15) is 5.26 Å². The number of nitrogens with one attached hydrogen (secondary N) is 2. The molecule has 7 heteroatoms. The van der Waals surface area contributed by atoms with Gasteiger partial charge in [0.25, 0.3) is 0 Å². The Balaban J connectivity index is 1.61. The number of benzene rings is 1. The lowest BCUT2D eigenvalue weighted by molar-refractivity contribution is 0.0517. The van der Waals surface area contributed by atoms with Gasteiger partial charge in [-0.3, -0.25) is 0 Å². The maximum absolute atomic E-state index is 11.9. The van der Waals surface area contributed by atoms with Gasteiger partial charge in [0, 0.05) is 24.1 Å². The number of halogens is 1. The molecule has 0 radical (unpaired) electrons. The lowest BCUT2D eigenvalue weighted by atomic mass is 10.0. The largest absolute Gasteiger partial charge is 0.444 e. The SMILES string of the molecule is CC(C)(C)OC(=O)NCC1(CNc2cnc(Cl)c(-c3ccc(C#N)cc3)c2)CC1. The minimum Gasteiger partial charge on any atom is -0.444 e. The quantitative estimate of drug-likeness (QED) is 0.652. The number of pyridine rings is 1. The van der Waals surface area contributed by atoms with Crippen molar-refractivity contribution in [3.63, 3.8) is 0 Å². The van der Waals surface area contributed by atoms with Crippen LogP contribution in [0.5, 0.6) is 0 Å². The molecular weight excluding hydrogens is 388 g/mol. The van der Waals surface area contributed by atoms with Crippen LogP contribution < -0.4 is 10.6 Å². The van der Waals surface area contributed by atoms with Crippen LogP contribution in [0.4, 0.5) is 10.5 Å². The second kappa shape index (κ2) is 8.30. The number of carbonyl (C=O) groups excluding carboxylic acids is 1. The zero-order valence-corrected chi connectivity index (χ0v) is 17.6. The van der Waals surface area contributed by atoms with Gasteiger partial charge in [0.1, 0.15) is 10.8 Å². The molecule has 29 heavy (non-hydrogen) atoms. The van der Waals surface area contributed by atoms with Gasteiger partial charge in [-0.1, -0.05) is 23.7 Å². The van der Waals surface area contributed by atoms with Crippen molar-refractivity contribution in [3.05, 3.63) is 47.2 Å². The standard InChI is InChI=1S/C22H25ClN4O2/c1-21(2,3)29-20(28)27-14-22(8-9-22)13-26-17-10-18(19(23)25-12-17)16-6-4-15(11-24)5-7-16/h4-7,10,12,26H,8-9,13-14H2,1-3H3,(H,27,28). The molecule has 1 aliphatic rings. The number of nitriles is 1. The van der Waals surface area contributed by atoms with E-state index in [1.165, 1.54) is 0 Å². The summed E-state index contributed by atoms with van der Waals surface area (Å²) in [5, 5.41) is 15.6. The van der Waals surface area contributed by atoms with Crippen LogP contribution in [0.3, 0.4) is 0 Å². The number of alkyl carbamates (subject to hydrolysis) is 1. The molecule has 0 spiro atoms. The van der Waals surface area contributed by atoms with Gasteiger partial charge in [-0.05, 0) is 57.4 Å². The van der Waals surface area contributed by atoms with E-state index in [1.54, 1.807) is 18.3 Å². The number of hydrogen-bond acceptors (Lipinski definition) is 5. The third kappa shape index (κ3) is 5.85. The maximum Gasteiger partial charge on any atom is 0.407 e. The number of anilines is 1. The summed E-state index contributed by atoms with van der Waals surface area (Å²) in [6, 6.07) is 11.3. The van der Waals surface area contributed by atoms with Gasteiger partial charge >= 0.3 is 6.09 Å². The predicted molar refractivity (Wildman–Crippen MR) is 114 cm³/mol. The lowest BCUT2D eigenvalue weighted by Gasteiger charge is -2.22. The molecule has 152 valence electrons. The van der Waals surface area contributed by atoms with Crippen molar-refractivity contribution in [2.75, 3.05) is 18.4 Å². The second-order valence-corrected chi connectivity index (χ2v) is 8.82. The van der Waals surface area contributed by atoms with E-state index in [2.05, 4.69) is 21.7 Å². The Morgan fingerprint density at radius 2 is 1.97 bits per heavy atom. The Labute approximate surface area is 176 Å². The fourth-order valence-electron chi connectivity index (χ4n) is 2.93. The van der Waals surface area contributed by atoms with Crippen LogP contribution in [-0.2, 0) is 4.74 Å². The molecule has 1 aliphatic carbocycles. The van der Waals surface area contributed by atoms with Gasteiger partial charge in [-0.25, -0.2) is 9.78 Å². The molecule has 0 aliphatic heterocycles. The van der Waals surface area contributed by atoms with Crippen LogP contribution >= 0.6 is 11.6 Å². The molecule has 2 aromatic rings. The zero-order chi connectivity index (χ0) is 21.1. The molecule has 0 saturated heterocycles. The van der Waals surface area contributed by atoms with Gasteiger partial charge in [0.05, 0.1) is 23.5 Å². The van der Waals surface area contributed by atoms with E-state index in [4.69, 9.17) is 21.6 Å². The number of aromatic nitrogens is 1. The predicted octanol–water partition coefficient (Wildman–Crippen LogP) is 4.99. The summed E-state index contributed by atoms with van der Waals surface area (Å²) < 4.78 is 5.30. The van der Waals surface area contributed by atoms with Crippen molar-refractivity contribution < 1.29 is 9.53 Å². The monoisotopic (exact) mass is 412 g/mol. The molecule has 1 aromatic carbocycles. The average Bonchev–Trinajstić information content (AvgIpc) is 3.45. The van der Waals surface area contributed by atoms with E-state index in [1.807, 2.05) is 39.0 Å². The van der Waals surface area contributed by atoms with Crippen molar-refractivity contribution >= 4 is 23.4 Å². The molecule has 0 unspecified atom stereocenters. The van der Waals surface area contributed by atoms with Gasteiger partial charge in [-0.15, -0.1) is 0 Å². The number of ether oxygens (including phenoxy) is 1. The van der Waals surface area contributed by atoms with E-state index >= 15 is 0 Å². The van der Waals surface area contributed by atoms with Crippen molar-refractivity contribution in [3.8, 4) is 17.2 Å². The van der Waals surface area contributed by atoms with E-state index in [-0.39, 0.29) is 11.5 Å². The van der Waals surface area contributed by atoms with E-state index < -0.39 is 5.60 Å². The van der Waals surface area contributed by atoms with Gasteiger partial charge in [0.15, 0.2) is 0 Å². The van der Waals surface area contributed by atoms with Crippen molar-refractivity contribution in [1.29, 1.82) is 5.26 Å². The maximum atomic E-state index is 11.9. The summed E-state index contributed by atoms with van der Waals surface area (Å²) in [6.07, 6.45) is 3.39. The van der Waals surface area contributed by atoms with Gasteiger partial charge in [0.2, 0.25) is 0 Å². The fourth-order valence-corrected chi connectivity index (χ4v) is 3.14. The van der Waals surface area contributed by atoms with Gasteiger partial charge < -0.3 is 15.4 Å². The molecule has 6 nitrogen and oxygen atoms in total. The highest BCUT2D eigenvalue weighted by Gasteiger charge is 2.42. The number of rotatable bonds is 6. The van der Waals surface area contributed by atoms with E-state index in [9.17, 15) is 4.79 Å². The van der Waals surface area contributed by atoms with Crippen molar-refractivity contribution in [2.45, 2.75) is 39.2 Å². The highest BCUT2D eigenvalue weighted by molar-refractivity contribution is 6.32. The van der Waals surface area contributed by atoms with E-state index in [0.29, 0.717) is 17.3 Å².